The van der Waals surface area contributed by atoms with Gasteiger partial charge in [0.05, 0.1) is 6.61 Å². The van der Waals surface area contributed by atoms with Gasteiger partial charge in [-0.2, -0.15) is 0 Å². The first-order chi connectivity index (χ1) is 5.70. The van der Waals surface area contributed by atoms with Gasteiger partial charge in [-0.05, 0) is 13.3 Å². The van der Waals surface area contributed by atoms with Crippen molar-refractivity contribution >= 4 is 11.8 Å². The number of amidine groups is 1. The Morgan fingerprint density at radius 1 is 1.50 bits per heavy atom. The highest BCUT2D eigenvalue weighted by Crippen LogP contribution is 1.88. The molecule has 0 aliphatic carbocycles. The number of nitrogens with zero attached hydrogens (tertiary/aromatic N) is 1. The summed E-state index contributed by atoms with van der Waals surface area (Å²) in [6.45, 7) is 4.82. The normalized spacial score (nSPS) is 11.3. The second-order valence-corrected chi connectivity index (χ2v) is 2.35. The van der Waals surface area contributed by atoms with E-state index in [2.05, 4.69) is 4.99 Å². The molecular formula is C8H16N2O2. The maximum Gasteiger partial charge on any atom is 0.313 e. The SMILES string of the molecule is CCCN=C(N)CC(=O)OCC. The van der Waals surface area contributed by atoms with Crippen molar-refractivity contribution < 1.29 is 9.53 Å². The Hall–Kier alpha value is -1.06. The third kappa shape index (κ3) is 5.70. The summed E-state index contributed by atoms with van der Waals surface area (Å²) in [7, 11) is 0. The molecule has 4 heteroatoms. The number of rotatable bonds is 5. The molecule has 0 fully saturated rings. The number of hydrogen-bond acceptors (Lipinski definition) is 3. The van der Waals surface area contributed by atoms with Crippen molar-refractivity contribution in [2.24, 2.45) is 10.7 Å². The Balaban J connectivity index is 3.67. The zero-order valence-corrected chi connectivity index (χ0v) is 7.67. The number of carbonyl (C=O) groups is 1. The second-order valence-electron chi connectivity index (χ2n) is 2.35. The lowest BCUT2D eigenvalue weighted by Crippen LogP contribution is -2.19. The molecule has 0 unspecified atom stereocenters. The average molecular weight is 172 g/mol. The predicted octanol–water partition coefficient (Wildman–Crippen LogP) is 0.707. The fourth-order valence-electron chi connectivity index (χ4n) is 0.671. The van der Waals surface area contributed by atoms with Crippen molar-refractivity contribution in [3.05, 3.63) is 0 Å². The first-order valence-corrected chi connectivity index (χ1v) is 4.15. The number of hydrogen-bond donors (Lipinski definition) is 1. The minimum absolute atomic E-state index is 0.105. The number of ether oxygens (including phenoxy) is 1. The van der Waals surface area contributed by atoms with E-state index in [-0.39, 0.29) is 12.4 Å². The number of esters is 1. The standard InChI is InChI=1S/C8H16N2O2/c1-3-5-10-7(9)6-8(11)12-4-2/h3-6H2,1-2H3,(H2,9,10). The minimum atomic E-state index is -0.310. The van der Waals surface area contributed by atoms with E-state index in [9.17, 15) is 4.79 Å². The quantitative estimate of drug-likeness (QED) is 0.377. The van der Waals surface area contributed by atoms with E-state index >= 15 is 0 Å². The van der Waals surface area contributed by atoms with Gasteiger partial charge in [0, 0.05) is 6.54 Å². The fourth-order valence-corrected chi connectivity index (χ4v) is 0.671. The average Bonchev–Trinajstić information content (AvgIpc) is 2.01. The summed E-state index contributed by atoms with van der Waals surface area (Å²) in [5.41, 5.74) is 5.44. The van der Waals surface area contributed by atoms with E-state index in [0.29, 0.717) is 19.0 Å². The minimum Gasteiger partial charge on any atom is -0.466 e. The largest absolute Gasteiger partial charge is 0.466 e. The van der Waals surface area contributed by atoms with Gasteiger partial charge in [0.1, 0.15) is 12.3 Å². The molecule has 0 spiro atoms. The molecule has 0 aliphatic heterocycles. The summed E-state index contributed by atoms with van der Waals surface area (Å²) in [6.07, 6.45) is 1.04. The molecule has 0 radical (unpaired) electrons. The van der Waals surface area contributed by atoms with E-state index in [1.54, 1.807) is 6.92 Å². The molecule has 0 saturated heterocycles. The van der Waals surface area contributed by atoms with Crippen LogP contribution in [0.5, 0.6) is 0 Å². The Labute approximate surface area is 72.8 Å². The Morgan fingerprint density at radius 2 is 2.17 bits per heavy atom. The smallest absolute Gasteiger partial charge is 0.313 e. The Morgan fingerprint density at radius 3 is 2.67 bits per heavy atom. The van der Waals surface area contributed by atoms with Crippen LogP contribution in [0, 0.1) is 0 Å². The molecule has 2 N–H and O–H groups in total. The van der Waals surface area contributed by atoms with Crippen LogP contribution in [-0.4, -0.2) is 25.0 Å². The van der Waals surface area contributed by atoms with Gasteiger partial charge in [-0.3, -0.25) is 9.79 Å². The molecule has 0 aromatic carbocycles. The van der Waals surface area contributed by atoms with E-state index in [1.807, 2.05) is 6.92 Å². The van der Waals surface area contributed by atoms with Gasteiger partial charge in [0.2, 0.25) is 0 Å². The van der Waals surface area contributed by atoms with Crippen LogP contribution in [0.1, 0.15) is 26.7 Å². The lowest BCUT2D eigenvalue weighted by molar-refractivity contribution is -0.141. The summed E-state index contributed by atoms with van der Waals surface area (Å²) in [5.74, 6) is 0.0464. The molecule has 0 aliphatic rings. The molecule has 0 aromatic heterocycles. The molecule has 0 heterocycles. The van der Waals surface area contributed by atoms with Crippen LogP contribution in [0.25, 0.3) is 0 Å². The molecule has 12 heavy (non-hydrogen) atoms. The Kier molecular flexibility index (Phi) is 6.05. The molecule has 0 aromatic rings. The van der Waals surface area contributed by atoms with Gasteiger partial charge < -0.3 is 10.5 Å². The third-order valence-corrected chi connectivity index (χ3v) is 1.17. The molecule has 0 amide bonds. The Bertz CT molecular complexity index is 166. The summed E-state index contributed by atoms with van der Waals surface area (Å²) in [6, 6.07) is 0. The van der Waals surface area contributed by atoms with Crippen molar-refractivity contribution in [3.8, 4) is 0 Å². The van der Waals surface area contributed by atoms with E-state index in [0.717, 1.165) is 6.42 Å². The molecule has 4 nitrogen and oxygen atoms in total. The van der Waals surface area contributed by atoms with Crippen molar-refractivity contribution in [1.82, 2.24) is 0 Å². The lowest BCUT2D eigenvalue weighted by Gasteiger charge is -2.00. The highest BCUT2D eigenvalue weighted by Gasteiger charge is 2.03. The predicted molar refractivity (Wildman–Crippen MR) is 48.0 cm³/mol. The molecule has 0 bridgehead atoms. The lowest BCUT2D eigenvalue weighted by atomic mass is 10.4. The van der Waals surface area contributed by atoms with Crippen LogP contribution in [0.2, 0.25) is 0 Å². The van der Waals surface area contributed by atoms with Gasteiger partial charge in [0.25, 0.3) is 0 Å². The zero-order chi connectivity index (χ0) is 9.40. The highest BCUT2D eigenvalue weighted by molar-refractivity contribution is 5.96. The van der Waals surface area contributed by atoms with Crippen LogP contribution >= 0.6 is 0 Å². The maximum atomic E-state index is 10.8. The van der Waals surface area contributed by atoms with Crippen molar-refractivity contribution in [2.45, 2.75) is 26.7 Å². The van der Waals surface area contributed by atoms with Crippen LogP contribution in [-0.2, 0) is 9.53 Å². The first-order valence-electron chi connectivity index (χ1n) is 4.15. The van der Waals surface area contributed by atoms with Crippen LogP contribution in [0.3, 0.4) is 0 Å². The van der Waals surface area contributed by atoms with Gasteiger partial charge in [-0.1, -0.05) is 6.92 Å². The molecule has 70 valence electrons. The fraction of sp³-hybridized carbons (Fsp3) is 0.750. The van der Waals surface area contributed by atoms with E-state index in [4.69, 9.17) is 10.5 Å². The maximum absolute atomic E-state index is 10.8. The van der Waals surface area contributed by atoms with Crippen molar-refractivity contribution in [3.63, 3.8) is 0 Å². The van der Waals surface area contributed by atoms with Gasteiger partial charge in [-0.25, -0.2) is 0 Å². The van der Waals surface area contributed by atoms with Crippen molar-refractivity contribution in [1.29, 1.82) is 0 Å². The third-order valence-electron chi connectivity index (χ3n) is 1.17. The van der Waals surface area contributed by atoms with Crippen LogP contribution in [0.4, 0.5) is 0 Å². The first kappa shape index (κ1) is 10.9. The zero-order valence-electron chi connectivity index (χ0n) is 7.67. The summed E-state index contributed by atoms with van der Waals surface area (Å²) in [5, 5.41) is 0. The van der Waals surface area contributed by atoms with Crippen LogP contribution in [0.15, 0.2) is 4.99 Å². The second kappa shape index (κ2) is 6.64. The molecular weight excluding hydrogens is 156 g/mol. The summed E-state index contributed by atoms with van der Waals surface area (Å²) >= 11 is 0. The van der Waals surface area contributed by atoms with Crippen molar-refractivity contribution in [2.75, 3.05) is 13.2 Å². The summed E-state index contributed by atoms with van der Waals surface area (Å²) in [4.78, 5) is 14.8. The van der Waals surface area contributed by atoms with Gasteiger partial charge >= 0.3 is 5.97 Å². The number of carbonyl (C=O) groups excluding carboxylic acids is 1. The summed E-state index contributed by atoms with van der Waals surface area (Å²) < 4.78 is 4.69. The number of aliphatic imine (C=N–C) groups is 1. The van der Waals surface area contributed by atoms with Gasteiger partial charge in [0.15, 0.2) is 0 Å². The van der Waals surface area contributed by atoms with E-state index < -0.39 is 0 Å². The van der Waals surface area contributed by atoms with E-state index in [1.165, 1.54) is 0 Å². The van der Waals surface area contributed by atoms with Crippen LogP contribution < -0.4 is 5.73 Å². The number of nitrogens with two attached hydrogens (primary N) is 1. The molecule has 0 saturated carbocycles. The topological polar surface area (TPSA) is 64.7 Å². The monoisotopic (exact) mass is 172 g/mol. The van der Waals surface area contributed by atoms with Gasteiger partial charge in [-0.15, -0.1) is 0 Å². The highest BCUT2D eigenvalue weighted by atomic mass is 16.5. The molecule has 0 rings (SSSR count). The molecule has 0 atom stereocenters.